The highest BCUT2D eigenvalue weighted by Crippen LogP contribution is 2.16. The van der Waals surface area contributed by atoms with E-state index in [9.17, 15) is 5.11 Å². The molecule has 2 rings (SSSR count). The lowest BCUT2D eigenvalue weighted by atomic mass is 10.1. The number of β-amino-alcohol motifs (C(OH)–C–C–N with tert-alkyl or cyclic N) is 1. The van der Waals surface area contributed by atoms with Crippen LogP contribution in [0.3, 0.4) is 0 Å². The lowest BCUT2D eigenvalue weighted by Gasteiger charge is -2.39. The molecule has 0 aliphatic carbocycles. The maximum absolute atomic E-state index is 9.36. The van der Waals surface area contributed by atoms with Gasteiger partial charge in [0, 0.05) is 44.8 Å². The van der Waals surface area contributed by atoms with Crippen LogP contribution in [0.1, 0.15) is 20.3 Å². The van der Waals surface area contributed by atoms with E-state index in [0.717, 1.165) is 38.8 Å². The van der Waals surface area contributed by atoms with E-state index in [-0.39, 0.29) is 6.10 Å². The summed E-state index contributed by atoms with van der Waals surface area (Å²) in [5, 5.41) is 12.9. The summed E-state index contributed by atoms with van der Waals surface area (Å²) in [6.45, 7) is 10.7. The van der Waals surface area contributed by atoms with Crippen LogP contribution in [0.15, 0.2) is 0 Å². The smallest absolute Gasteiger partial charge is 0.0639 e. The second kappa shape index (κ2) is 5.45. The van der Waals surface area contributed by atoms with Crippen molar-refractivity contribution >= 4 is 0 Å². The molecule has 0 aromatic heterocycles. The monoisotopic (exact) mass is 227 g/mol. The Morgan fingerprint density at radius 1 is 1.31 bits per heavy atom. The third-order valence-electron chi connectivity index (χ3n) is 3.88. The quantitative estimate of drug-likeness (QED) is 0.696. The van der Waals surface area contributed by atoms with Gasteiger partial charge in [0.05, 0.1) is 6.10 Å². The van der Waals surface area contributed by atoms with Gasteiger partial charge in [-0.25, -0.2) is 0 Å². The first kappa shape index (κ1) is 12.3. The third kappa shape index (κ3) is 2.94. The van der Waals surface area contributed by atoms with Crippen LogP contribution in [0.5, 0.6) is 0 Å². The molecule has 2 heterocycles. The molecule has 94 valence electrons. The number of nitrogens with zero attached hydrogens (tertiary/aromatic N) is 2. The van der Waals surface area contributed by atoms with E-state index in [1.165, 1.54) is 13.0 Å². The zero-order valence-corrected chi connectivity index (χ0v) is 10.5. The van der Waals surface area contributed by atoms with E-state index in [1.54, 1.807) is 0 Å². The lowest BCUT2D eigenvalue weighted by molar-refractivity contribution is 0.0603. The van der Waals surface area contributed by atoms with Gasteiger partial charge in [-0.05, 0) is 26.8 Å². The maximum Gasteiger partial charge on any atom is 0.0639 e. The van der Waals surface area contributed by atoms with E-state index in [2.05, 4.69) is 22.0 Å². The summed E-state index contributed by atoms with van der Waals surface area (Å²) in [6, 6.07) is 1.37. The molecule has 2 N–H and O–H groups in total. The van der Waals surface area contributed by atoms with Gasteiger partial charge >= 0.3 is 0 Å². The number of rotatable bonds is 3. The van der Waals surface area contributed by atoms with Crippen LogP contribution < -0.4 is 5.32 Å². The lowest BCUT2D eigenvalue weighted by Crippen LogP contribution is -2.53. The van der Waals surface area contributed by atoms with Gasteiger partial charge in [-0.3, -0.25) is 9.80 Å². The fraction of sp³-hybridized carbons (Fsp3) is 1.00. The molecule has 16 heavy (non-hydrogen) atoms. The highest BCUT2D eigenvalue weighted by Gasteiger charge is 2.30. The zero-order chi connectivity index (χ0) is 11.5. The van der Waals surface area contributed by atoms with E-state index in [4.69, 9.17) is 0 Å². The molecule has 0 amide bonds. The van der Waals surface area contributed by atoms with Gasteiger partial charge in [-0.15, -0.1) is 0 Å². The second-order valence-corrected chi connectivity index (χ2v) is 5.28. The molecule has 4 nitrogen and oxygen atoms in total. The normalized spacial score (nSPS) is 35.4. The SMILES string of the molecule is C[C@H](O)CN1CCN([C@H]2CCN[C@H]2C)CC1. The fourth-order valence-electron chi connectivity index (χ4n) is 2.99. The Bertz CT molecular complexity index is 214. The minimum absolute atomic E-state index is 0.196. The van der Waals surface area contributed by atoms with Crippen LogP contribution >= 0.6 is 0 Å². The molecule has 0 saturated carbocycles. The predicted octanol–water partition coefficient (Wildman–Crippen LogP) is -0.265. The highest BCUT2D eigenvalue weighted by molar-refractivity contribution is 4.90. The molecule has 0 radical (unpaired) electrons. The number of nitrogens with one attached hydrogen (secondary N) is 1. The second-order valence-electron chi connectivity index (χ2n) is 5.28. The Morgan fingerprint density at radius 3 is 2.50 bits per heavy atom. The Morgan fingerprint density at radius 2 is 2.00 bits per heavy atom. The van der Waals surface area contributed by atoms with Gasteiger partial charge in [-0.1, -0.05) is 0 Å². The zero-order valence-electron chi connectivity index (χ0n) is 10.5. The molecule has 0 unspecified atom stereocenters. The molecule has 2 aliphatic heterocycles. The number of hydrogen-bond donors (Lipinski definition) is 2. The number of aliphatic hydroxyl groups excluding tert-OH is 1. The Labute approximate surface area is 98.6 Å². The van der Waals surface area contributed by atoms with Crippen molar-refractivity contribution < 1.29 is 5.11 Å². The Hall–Kier alpha value is -0.160. The average molecular weight is 227 g/mol. The number of hydrogen-bond acceptors (Lipinski definition) is 4. The highest BCUT2D eigenvalue weighted by atomic mass is 16.3. The van der Waals surface area contributed by atoms with Crippen molar-refractivity contribution in [3.8, 4) is 0 Å². The van der Waals surface area contributed by atoms with Crippen molar-refractivity contribution in [2.45, 2.75) is 38.5 Å². The summed E-state index contributed by atoms with van der Waals surface area (Å²) in [5.74, 6) is 0. The van der Waals surface area contributed by atoms with Gasteiger partial charge in [0.25, 0.3) is 0 Å². The fourth-order valence-corrected chi connectivity index (χ4v) is 2.99. The first-order chi connectivity index (χ1) is 7.66. The van der Waals surface area contributed by atoms with Crippen molar-refractivity contribution in [1.82, 2.24) is 15.1 Å². The third-order valence-corrected chi connectivity index (χ3v) is 3.88. The first-order valence-electron chi connectivity index (χ1n) is 6.54. The van der Waals surface area contributed by atoms with Gasteiger partial charge in [0.1, 0.15) is 0 Å². The van der Waals surface area contributed by atoms with Crippen molar-refractivity contribution in [3.05, 3.63) is 0 Å². The molecule has 2 aliphatic rings. The molecule has 2 saturated heterocycles. The molecule has 3 atom stereocenters. The van der Waals surface area contributed by atoms with Gasteiger partial charge < -0.3 is 10.4 Å². The molecule has 4 heteroatoms. The molecule has 0 spiro atoms. The maximum atomic E-state index is 9.36. The summed E-state index contributed by atoms with van der Waals surface area (Å²) in [5.41, 5.74) is 0. The largest absolute Gasteiger partial charge is 0.392 e. The summed E-state index contributed by atoms with van der Waals surface area (Å²) in [6.07, 6.45) is 1.09. The van der Waals surface area contributed by atoms with Crippen molar-refractivity contribution in [3.63, 3.8) is 0 Å². The number of piperazine rings is 1. The van der Waals surface area contributed by atoms with E-state index in [1.807, 2.05) is 6.92 Å². The van der Waals surface area contributed by atoms with Crippen molar-refractivity contribution in [1.29, 1.82) is 0 Å². The molecule has 0 aromatic carbocycles. The number of aliphatic hydroxyl groups is 1. The average Bonchev–Trinajstić information content (AvgIpc) is 2.65. The predicted molar refractivity (Wildman–Crippen MR) is 65.6 cm³/mol. The van der Waals surface area contributed by atoms with Crippen LogP contribution in [-0.4, -0.2) is 72.4 Å². The topological polar surface area (TPSA) is 38.7 Å². The Balaban J connectivity index is 1.76. The van der Waals surface area contributed by atoms with Gasteiger partial charge in [0.15, 0.2) is 0 Å². The summed E-state index contributed by atoms with van der Waals surface area (Å²) >= 11 is 0. The van der Waals surface area contributed by atoms with Crippen LogP contribution in [-0.2, 0) is 0 Å². The molecular formula is C12H25N3O. The van der Waals surface area contributed by atoms with Crippen LogP contribution in [0.4, 0.5) is 0 Å². The van der Waals surface area contributed by atoms with Gasteiger partial charge in [0.2, 0.25) is 0 Å². The minimum atomic E-state index is -0.196. The molecule has 2 fully saturated rings. The van der Waals surface area contributed by atoms with Crippen LogP contribution in [0, 0.1) is 0 Å². The van der Waals surface area contributed by atoms with Crippen molar-refractivity contribution in [2.24, 2.45) is 0 Å². The van der Waals surface area contributed by atoms with E-state index < -0.39 is 0 Å². The Kier molecular flexibility index (Phi) is 4.19. The summed E-state index contributed by atoms with van der Waals surface area (Å²) in [4.78, 5) is 4.98. The summed E-state index contributed by atoms with van der Waals surface area (Å²) in [7, 11) is 0. The minimum Gasteiger partial charge on any atom is -0.392 e. The molecular weight excluding hydrogens is 202 g/mol. The van der Waals surface area contributed by atoms with E-state index in [0.29, 0.717) is 6.04 Å². The van der Waals surface area contributed by atoms with Crippen molar-refractivity contribution in [2.75, 3.05) is 39.3 Å². The molecule has 0 bridgehead atoms. The summed E-state index contributed by atoms with van der Waals surface area (Å²) < 4.78 is 0. The first-order valence-corrected chi connectivity index (χ1v) is 6.54. The van der Waals surface area contributed by atoms with Crippen LogP contribution in [0.25, 0.3) is 0 Å². The molecule has 0 aromatic rings. The standard InChI is InChI=1S/C12H25N3O/c1-10(16)9-14-5-7-15(8-6-14)12-3-4-13-11(12)2/h10-13,16H,3-9H2,1-2H3/t10-,11-,12-/m0/s1. The van der Waals surface area contributed by atoms with E-state index >= 15 is 0 Å². The van der Waals surface area contributed by atoms with Gasteiger partial charge in [-0.2, -0.15) is 0 Å². The van der Waals surface area contributed by atoms with Crippen LogP contribution in [0.2, 0.25) is 0 Å².